The fourth-order valence-corrected chi connectivity index (χ4v) is 3.19. The van der Waals surface area contributed by atoms with Crippen molar-refractivity contribution >= 4 is 16.9 Å². The zero-order valence-electron chi connectivity index (χ0n) is 13.1. The molecule has 0 atom stereocenters. The van der Waals surface area contributed by atoms with E-state index in [0.29, 0.717) is 13.0 Å². The van der Waals surface area contributed by atoms with Crippen molar-refractivity contribution in [1.29, 1.82) is 0 Å². The second-order valence-electron chi connectivity index (χ2n) is 6.14. The molecule has 0 aliphatic carbocycles. The molecule has 2 heterocycles. The van der Waals surface area contributed by atoms with E-state index in [1.54, 1.807) is 0 Å². The van der Waals surface area contributed by atoms with Crippen molar-refractivity contribution in [3.05, 3.63) is 64.8 Å². The van der Waals surface area contributed by atoms with Gasteiger partial charge in [0.2, 0.25) is 5.91 Å². The summed E-state index contributed by atoms with van der Waals surface area (Å²) >= 11 is 0. The van der Waals surface area contributed by atoms with Gasteiger partial charge in [-0.3, -0.25) is 4.79 Å². The number of fused-ring (bicyclic) bond motifs is 2. The zero-order valence-corrected chi connectivity index (χ0v) is 13.1. The minimum atomic E-state index is 0.108. The van der Waals surface area contributed by atoms with Crippen molar-refractivity contribution in [3.63, 3.8) is 0 Å². The van der Waals surface area contributed by atoms with Crippen LogP contribution in [-0.2, 0) is 24.2 Å². The maximum atomic E-state index is 12.6. The van der Waals surface area contributed by atoms with E-state index in [1.165, 1.54) is 11.1 Å². The lowest BCUT2D eigenvalue weighted by molar-refractivity contribution is -0.131. The van der Waals surface area contributed by atoms with Gasteiger partial charge in [-0.15, -0.1) is 0 Å². The van der Waals surface area contributed by atoms with Crippen LogP contribution in [0.25, 0.3) is 11.0 Å². The maximum absolute atomic E-state index is 12.6. The summed E-state index contributed by atoms with van der Waals surface area (Å²) in [6.07, 6.45) is 1.21. The highest BCUT2D eigenvalue weighted by Gasteiger charge is 2.22. The Kier molecular flexibility index (Phi) is 3.37. The first-order valence-electron chi connectivity index (χ1n) is 7.90. The van der Waals surface area contributed by atoms with E-state index < -0.39 is 0 Å². The van der Waals surface area contributed by atoms with E-state index in [1.807, 2.05) is 36.1 Å². The summed E-state index contributed by atoms with van der Waals surface area (Å²) in [5.41, 5.74) is 5.20. The topological polar surface area (TPSA) is 46.3 Å². The molecule has 1 aliphatic rings. The van der Waals surface area contributed by atoms with Gasteiger partial charge in [-0.25, -0.2) is 0 Å². The third kappa shape index (κ3) is 2.61. The Labute approximate surface area is 134 Å². The van der Waals surface area contributed by atoms with Crippen molar-refractivity contribution in [2.45, 2.75) is 26.3 Å². The summed E-state index contributed by atoms with van der Waals surface area (Å²) < 4.78 is 5.33. The predicted octanol–water partition coefficient (Wildman–Crippen LogP) is 3.26. The standard InChI is InChI=1S/C19H18N2O2/c1-13-6-7-18-16(10-13)17(20-23-18)11-19(22)21-9-8-14-4-2-3-5-15(14)12-21/h2-7,10H,8-9,11-12H2,1H3. The normalized spacial score (nSPS) is 14.0. The number of carbonyl (C=O) groups is 1. The van der Waals surface area contributed by atoms with Crippen molar-refractivity contribution in [2.24, 2.45) is 0 Å². The second kappa shape index (κ2) is 5.54. The zero-order chi connectivity index (χ0) is 15.8. The van der Waals surface area contributed by atoms with Gasteiger partial charge in [-0.2, -0.15) is 0 Å². The lowest BCUT2D eigenvalue weighted by Gasteiger charge is -2.28. The minimum absolute atomic E-state index is 0.108. The first-order chi connectivity index (χ1) is 11.2. The number of hydrogen-bond acceptors (Lipinski definition) is 3. The van der Waals surface area contributed by atoms with Gasteiger partial charge in [0, 0.05) is 18.5 Å². The van der Waals surface area contributed by atoms with Crippen LogP contribution in [0.4, 0.5) is 0 Å². The molecule has 3 aromatic rings. The molecule has 4 heteroatoms. The lowest BCUT2D eigenvalue weighted by Crippen LogP contribution is -2.36. The van der Waals surface area contributed by atoms with Gasteiger partial charge in [-0.05, 0) is 36.6 Å². The van der Waals surface area contributed by atoms with Crippen LogP contribution in [0.2, 0.25) is 0 Å². The van der Waals surface area contributed by atoms with Crippen LogP contribution in [0.3, 0.4) is 0 Å². The molecule has 0 bridgehead atoms. The number of hydrogen-bond donors (Lipinski definition) is 0. The third-order valence-electron chi connectivity index (χ3n) is 4.50. The monoisotopic (exact) mass is 306 g/mol. The lowest BCUT2D eigenvalue weighted by atomic mass is 9.99. The van der Waals surface area contributed by atoms with E-state index in [0.717, 1.165) is 35.2 Å². The van der Waals surface area contributed by atoms with Crippen LogP contribution in [-0.4, -0.2) is 22.5 Å². The number of aryl methyl sites for hydroxylation is 1. The Morgan fingerprint density at radius 2 is 2.04 bits per heavy atom. The number of amides is 1. The number of aromatic nitrogens is 1. The molecule has 4 rings (SSSR count). The molecule has 0 unspecified atom stereocenters. The third-order valence-corrected chi connectivity index (χ3v) is 4.50. The molecule has 0 N–H and O–H groups in total. The van der Waals surface area contributed by atoms with Gasteiger partial charge in [0.15, 0.2) is 5.58 Å². The van der Waals surface area contributed by atoms with Crippen molar-refractivity contribution in [3.8, 4) is 0 Å². The molecule has 116 valence electrons. The van der Waals surface area contributed by atoms with Crippen LogP contribution in [0.15, 0.2) is 47.0 Å². The summed E-state index contributed by atoms with van der Waals surface area (Å²) in [4.78, 5) is 14.6. The highest BCUT2D eigenvalue weighted by Crippen LogP contribution is 2.23. The van der Waals surface area contributed by atoms with Gasteiger partial charge in [0.05, 0.1) is 6.42 Å². The number of rotatable bonds is 2. The Hall–Kier alpha value is -2.62. The van der Waals surface area contributed by atoms with Crippen molar-refractivity contribution in [1.82, 2.24) is 10.1 Å². The summed E-state index contributed by atoms with van der Waals surface area (Å²) in [7, 11) is 0. The molecule has 0 saturated heterocycles. The first kappa shape index (κ1) is 14.0. The average molecular weight is 306 g/mol. The highest BCUT2D eigenvalue weighted by atomic mass is 16.5. The molecule has 1 aliphatic heterocycles. The molecule has 0 saturated carbocycles. The molecule has 0 fully saturated rings. The van der Waals surface area contributed by atoms with Crippen LogP contribution < -0.4 is 0 Å². The summed E-state index contributed by atoms with van der Waals surface area (Å²) in [6.45, 7) is 3.48. The molecule has 0 spiro atoms. The largest absolute Gasteiger partial charge is 0.356 e. The molecule has 2 aromatic carbocycles. The quantitative estimate of drug-likeness (QED) is 0.730. The number of nitrogens with zero attached hydrogens (tertiary/aromatic N) is 2. The predicted molar refractivity (Wildman–Crippen MR) is 88.0 cm³/mol. The van der Waals surface area contributed by atoms with E-state index in [9.17, 15) is 4.79 Å². The van der Waals surface area contributed by atoms with Gasteiger partial charge in [-0.1, -0.05) is 41.1 Å². The second-order valence-corrected chi connectivity index (χ2v) is 6.14. The molecule has 4 nitrogen and oxygen atoms in total. The van der Waals surface area contributed by atoms with E-state index in [-0.39, 0.29) is 5.91 Å². The van der Waals surface area contributed by atoms with E-state index in [2.05, 4.69) is 23.4 Å². The average Bonchev–Trinajstić information content (AvgIpc) is 2.96. The fraction of sp³-hybridized carbons (Fsp3) is 0.263. The van der Waals surface area contributed by atoms with Crippen molar-refractivity contribution in [2.75, 3.05) is 6.54 Å². The summed E-state index contributed by atoms with van der Waals surface area (Å²) in [6, 6.07) is 14.2. The number of benzene rings is 2. The highest BCUT2D eigenvalue weighted by molar-refractivity contribution is 5.86. The number of carbonyl (C=O) groups excluding carboxylic acids is 1. The smallest absolute Gasteiger partial charge is 0.229 e. The van der Waals surface area contributed by atoms with Crippen LogP contribution >= 0.6 is 0 Å². The van der Waals surface area contributed by atoms with Gasteiger partial charge in [0.25, 0.3) is 0 Å². The van der Waals surface area contributed by atoms with Crippen LogP contribution in [0, 0.1) is 6.92 Å². The molecule has 0 radical (unpaired) electrons. The van der Waals surface area contributed by atoms with E-state index in [4.69, 9.17) is 4.52 Å². The molecular formula is C19H18N2O2. The molecular weight excluding hydrogens is 288 g/mol. The minimum Gasteiger partial charge on any atom is -0.356 e. The fourth-order valence-electron chi connectivity index (χ4n) is 3.19. The maximum Gasteiger partial charge on any atom is 0.229 e. The molecule has 1 aromatic heterocycles. The first-order valence-corrected chi connectivity index (χ1v) is 7.90. The summed E-state index contributed by atoms with van der Waals surface area (Å²) in [5, 5.41) is 5.03. The Bertz CT molecular complexity index is 882. The van der Waals surface area contributed by atoms with Crippen molar-refractivity contribution < 1.29 is 9.32 Å². The molecule has 1 amide bonds. The van der Waals surface area contributed by atoms with E-state index >= 15 is 0 Å². The summed E-state index contributed by atoms with van der Waals surface area (Å²) in [5.74, 6) is 0.108. The van der Waals surface area contributed by atoms with Gasteiger partial charge in [0.1, 0.15) is 5.69 Å². The van der Waals surface area contributed by atoms with Gasteiger partial charge < -0.3 is 9.42 Å². The SMILES string of the molecule is Cc1ccc2onc(CC(=O)N3CCc4ccccc4C3)c2c1. The molecule has 23 heavy (non-hydrogen) atoms. The Morgan fingerprint density at radius 1 is 1.22 bits per heavy atom. The van der Waals surface area contributed by atoms with Crippen LogP contribution in [0.1, 0.15) is 22.4 Å². The Morgan fingerprint density at radius 3 is 2.91 bits per heavy atom. The van der Waals surface area contributed by atoms with Crippen LogP contribution in [0.5, 0.6) is 0 Å². The Balaban J connectivity index is 1.55. The van der Waals surface area contributed by atoms with Gasteiger partial charge >= 0.3 is 0 Å².